The minimum atomic E-state index is -0.102. The maximum Gasteiger partial charge on any atom is 0.239 e. The minimum absolute atomic E-state index is 0.102. The molecule has 0 fully saturated rings. The molecule has 1 aromatic heterocycles. The Morgan fingerprint density at radius 2 is 2.40 bits per heavy atom. The van der Waals surface area contributed by atoms with Gasteiger partial charge < -0.3 is 10.6 Å². The van der Waals surface area contributed by atoms with Crippen LogP contribution in [0.5, 0.6) is 0 Å². The lowest BCUT2D eigenvalue weighted by Gasteiger charge is -2.04. The Kier molecular flexibility index (Phi) is 4.50. The highest BCUT2D eigenvalue weighted by Gasteiger charge is 2.01. The summed E-state index contributed by atoms with van der Waals surface area (Å²) >= 11 is 0. The molecule has 0 aliphatic heterocycles. The molecule has 0 aromatic carbocycles. The van der Waals surface area contributed by atoms with Gasteiger partial charge in [0.05, 0.1) is 6.54 Å². The molecule has 1 aromatic rings. The van der Waals surface area contributed by atoms with Crippen molar-refractivity contribution in [3.63, 3.8) is 0 Å². The lowest BCUT2D eigenvalue weighted by molar-refractivity contribution is -0.115. The number of rotatable bonds is 5. The van der Waals surface area contributed by atoms with Gasteiger partial charge in [-0.3, -0.25) is 4.79 Å². The number of pyridine rings is 1. The van der Waals surface area contributed by atoms with E-state index in [-0.39, 0.29) is 12.5 Å². The fourth-order valence-electron chi connectivity index (χ4n) is 1.09. The molecule has 0 saturated heterocycles. The molecule has 2 N–H and O–H groups in total. The van der Waals surface area contributed by atoms with Crippen molar-refractivity contribution in [1.82, 2.24) is 10.3 Å². The zero-order valence-corrected chi connectivity index (χ0v) is 8.79. The number of carbonyl (C=O) groups is 1. The molecular weight excluding hydrogens is 190 g/mol. The van der Waals surface area contributed by atoms with E-state index in [4.69, 9.17) is 0 Å². The van der Waals surface area contributed by atoms with Crippen LogP contribution < -0.4 is 10.6 Å². The number of aryl methyl sites for hydroxylation is 1. The Morgan fingerprint density at radius 3 is 3.07 bits per heavy atom. The zero-order valence-electron chi connectivity index (χ0n) is 8.79. The van der Waals surface area contributed by atoms with Crippen molar-refractivity contribution in [2.75, 3.05) is 18.4 Å². The molecular formula is C11H15N3O. The first-order valence-corrected chi connectivity index (χ1v) is 4.77. The van der Waals surface area contributed by atoms with Gasteiger partial charge in [-0.2, -0.15) is 0 Å². The maximum atomic E-state index is 11.4. The van der Waals surface area contributed by atoms with E-state index in [1.807, 2.05) is 19.1 Å². The Bertz CT molecular complexity index is 349. The van der Waals surface area contributed by atoms with Crippen LogP contribution >= 0.6 is 0 Å². The Morgan fingerprint density at radius 1 is 1.60 bits per heavy atom. The third-order valence-corrected chi connectivity index (χ3v) is 1.73. The van der Waals surface area contributed by atoms with Crippen molar-refractivity contribution < 1.29 is 4.79 Å². The van der Waals surface area contributed by atoms with Gasteiger partial charge in [-0.05, 0) is 19.1 Å². The number of anilines is 1. The van der Waals surface area contributed by atoms with Gasteiger partial charge in [0.25, 0.3) is 0 Å². The number of hydrogen-bond donors (Lipinski definition) is 2. The van der Waals surface area contributed by atoms with Crippen molar-refractivity contribution >= 4 is 11.7 Å². The van der Waals surface area contributed by atoms with Crippen molar-refractivity contribution in [3.05, 3.63) is 36.5 Å². The number of amides is 1. The first kappa shape index (κ1) is 11.4. The number of nitrogens with zero attached hydrogens (tertiary/aromatic N) is 1. The van der Waals surface area contributed by atoms with Crippen molar-refractivity contribution in [3.8, 4) is 0 Å². The minimum Gasteiger partial charge on any atom is -0.310 e. The molecule has 80 valence electrons. The van der Waals surface area contributed by atoms with Gasteiger partial charge in [0.1, 0.15) is 5.82 Å². The van der Waals surface area contributed by atoms with E-state index in [1.54, 1.807) is 12.1 Å². The number of aromatic nitrogens is 1. The zero-order chi connectivity index (χ0) is 11.1. The second-order valence-electron chi connectivity index (χ2n) is 3.13. The standard InChI is InChI=1S/C11H15N3O/c1-3-7-12-8-11(15)14-10-6-4-5-9(2)13-10/h3-6,12H,1,7-8H2,2H3,(H,13,14,15). The van der Waals surface area contributed by atoms with E-state index in [2.05, 4.69) is 22.2 Å². The van der Waals surface area contributed by atoms with E-state index in [9.17, 15) is 4.79 Å². The summed E-state index contributed by atoms with van der Waals surface area (Å²) in [7, 11) is 0. The highest BCUT2D eigenvalue weighted by molar-refractivity contribution is 5.91. The van der Waals surface area contributed by atoms with E-state index in [1.165, 1.54) is 0 Å². The highest BCUT2D eigenvalue weighted by Crippen LogP contribution is 2.02. The Balaban J connectivity index is 2.40. The van der Waals surface area contributed by atoms with Crippen LogP contribution in [-0.2, 0) is 4.79 Å². The van der Waals surface area contributed by atoms with Gasteiger partial charge in [-0.15, -0.1) is 6.58 Å². The van der Waals surface area contributed by atoms with Crippen LogP contribution in [0.1, 0.15) is 5.69 Å². The van der Waals surface area contributed by atoms with Gasteiger partial charge in [0, 0.05) is 12.2 Å². The second kappa shape index (κ2) is 5.93. The first-order valence-electron chi connectivity index (χ1n) is 4.77. The maximum absolute atomic E-state index is 11.4. The average molecular weight is 205 g/mol. The van der Waals surface area contributed by atoms with Crippen LogP contribution in [0, 0.1) is 6.92 Å². The average Bonchev–Trinajstić information content (AvgIpc) is 2.18. The lowest BCUT2D eigenvalue weighted by atomic mass is 10.4. The third kappa shape index (κ3) is 4.37. The van der Waals surface area contributed by atoms with Gasteiger partial charge >= 0.3 is 0 Å². The molecule has 1 heterocycles. The summed E-state index contributed by atoms with van der Waals surface area (Å²) in [5, 5.41) is 5.61. The summed E-state index contributed by atoms with van der Waals surface area (Å²) in [5.74, 6) is 0.482. The van der Waals surface area contributed by atoms with Crippen molar-refractivity contribution in [2.24, 2.45) is 0 Å². The molecule has 0 aliphatic rings. The van der Waals surface area contributed by atoms with Gasteiger partial charge in [0.2, 0.25) is 5.91 Å². The smallest absolute Gasteiger partial charge is 0.239 e. The predicted octanol–water partition coefficient (Wildman–Crippen LogP) is 1.10. The van der Waals surface area contributed by atoms with Gasteiger partial charge in [0.15, 0.2) is 0 Å². The molecule has 0 aliphatic carbocycles. The van der Waals surface area contributed by atoms with E-state index < -0.39 is 0 Å². The molecule has 0 saturated carbocycles. The third-order valence-electron chi connectivity index (χ3n) is 1.73. The SMILES string of the molecule is C=CCNCC(=O)Nc1cccc(C)n1. The van der Waals surface area contributed by atoms with Crippen LogP contribution in [0.3, 0.4) is 0 Å². The Hall–Kier alpha value is -1.68. The number of hydrogen-bond acceptors (Lipinski definition) is 3. The van der Waals surface area contributed by atoms with Crippen LogP contribution in [-0.4, -0.2) is 24.0 Å². The van der Waals surface area contributed by atoms with Gasteiger partial charge in [-0.25, -0.2) is 4.98 Å². The quantitative estimate of drug-likeness (QED) is 0.559. The molecule has 1 rings (SSSR count). The largest absolute Gasteiger partial charge is 0.310 e. The molecule has 0 unspecified atom stereocenters. The van der Waals surface area contributed by atoms with E-state index in [0.717, 1.165) is 5.69 Å². The Labute approximate surface area is 89.4 Å². The van der Waals surface area contributed by atoms with E-state index >= 15 is 0 Å². The molecule has 0 spiro atoms. The second-order valence-corrected chi connectivity index (χ2v) is 3.13. The molecule has 4 heteroatoms. The summed E-state index contributed by atoms with van der Waals surface area (Å²) in [4.78, 5) is 15.5. The molecule has 4 nitrogen and oxygen atoms in total. The van der Waals surface area contributed by atoms with Crippen LogP contribution in [0.4, 0.5) is 5.82 Å². The van der Waals surface area contributed by atoms with Crippen LogP contribution in [0.2, 0.25) is 0 Å². The van der Waals surface area contributed by atoms with Crippen LogP contribution in [0.25, 0.3) is 0 Å². The highest BCUT2D eigenvalue weighted by atomic mass is 16.1. The normalized spacial score (nSPS) is 9.67. The fraction of sp³-hybridized carbons (Fsp3) is 0.273. The summed E-state index contributed by atoms with van der Waals surface area (Å²) in [6.07, 6.45) is 1.71. The first-order chi connectivity index (χ1) is 7.22. The van der Waals surface area contributed by atoms with E-state index in [0.29, 0.717) is 12.4 Å². The molecule has 0 atom stereocenters. The summed E-state index contributed by atoms with van der Waals surface area (Å²) in [6, 6.07) is 5.50. The molecule has 1 amide bonds. The lowest BCUT2D eigenvalue weighted by Crippen LogP contribution is -2.28. The van der Waals surface area contributed by atoms with Crippen molar-refractivity contribution in [2.45, 2.75) is 6.92 Å². The molecule has 0 bridgehead atoms. The summed E-state index contributed by atoms with van der Waals surface area (Å²) < 4.78 is 0. The fourth-order valence-corrected chi connectivity index (χ4v) is 1.09. The molecule has 0 radical (unpaired) electrons. The number of carbonyl (C=O) groups excluding carboxylic acids is 1. The predicted molar refractivity (Wildman–Crippen MR) is 60.7 cm³/mol. The van der Waals surface area contributed by atoms with Crippen molar-refractivity contribution in [1.29, 1.82) is 0 Å². The van der Waals surface area contributed by atoms with Crippen LogP contribution in [0.15, 0.2) is 30.9 Å². The summed E-state index contributed by atoms with van der Waals surface area (Å²) in [6.45, 7) is 6.31. The summed E-state index contributed by atoms with van der Waals surface area (Å²) in [5.41, 5.74) is 0.881. The van der Waals surface area contributed by atoms with Gasteiger partial charge in [-0.1, -0.05) is 12.1 Å². The molecule has 15 heavy (non-hydrogen) atoms. The number of nitrogens with one attached hydrogen (secondary N) is 2. The topological polar surface area (TPSA) is 54.0 Å². The monoisotopic (exact) mass is 205 g/mol.